The van der Waals surface area contributed by atoms with Crippen LogP contribution in [-0.4, -0.2) is 9.91 Å². The van der Waals surface area contributed by atoms with Gasteiger partial charge in [-0.15, -0.1) is 11.3 Å². The highest BCUT2D eigenvalue weighted by molar-refractivity contribution is 7.11. The number of halogens is 2. The second kappa shape index (κ2) is 5.27. The Labute approximate surface area is 111 Å². The third kappa shape index (κ3) is 3.02. The Balaban J connectivity index is 2.26. The van der Waals surface area contributed by atoms with Gasteiger partial charge in [0.25, 0.3) is 5.69 Å². The molecule has 19 heavy (non-hydrogen) atoms. The lowest BCUT2D eigenvalue weighted by molar-refractivity contribution is -0.384. The van der Waals surface area contributed by atoms with Gasteiger partial charge in [-0.25, -0.2) is 13.8 Å². The summed E-state index contributed by atoms with van der Waals surface area (Å²) in [4.78, 5) is 14.8. The SMILES string of the molecule is Cc1ncc(CNc2c(F)cc(F)cc2[N+](=O)[O-])s1. The van der Waals surface area contributed by atoms with E-state index in [4.69, 9.17) is 0 Å². The molecule has 0 saturated heterocycles. The van der Waals surface area contributed by atoms with E-state index >= 15 is 0 Å². The zero-order valence-corrected chi connectivity index (χ0v) is 10.6. The summed E-state index contributed by atoms with van der Waals surface area (Å²) in [6, 6.07) is 1.29. The van der Waals surface area contributed by atoms with Gasteiger partial charge < -0.3 is 5.32 Å². The number of hydrogen-bond acceptors (Lipinski definition) is 5. The zero-order valence-electron chi connectivity index (χ0n) is 9.81. The second-order valence-corrected chi connectivity index (χ2v) is 5.06. The Hall–Kier alpha value is -2.09. The maximum atomic E-state index is 13.6. The van der Waals surface area contributed by atoms with Crippen molar-refractivity contribution in [2.45, 2.75) is 13.5 Å². The molecular formula is C11H9F2N3O2S. The van der Waals surface area contributed by atoms with Gasteiger partial charge in [-0.1, -0.05) is 0 Å². The second-order valence-electron chi connectivity index (χ2n) is 3.74. The van der Waals surface area contributed by atoms with Crippen LogP contribution in [-0.2, 0) is 6.54 Å². The van der Waals surface area contributed by atoms with Crippen LogP contribution in [0.5, 0.6) is 0 Å². The van der Waals surface area contributed by atoms with Crippen LogP contribution in [0.3, 0.4) is 0 Å². The quantitative estimate of drug-likeness (QED) is 0.691. The number of nitrogens with zero attached hydrogens (tertiary/aromatic N) is 2. The number of nitro benzene ring substituents is 1. The van der Waals surface area contributed by atoms with Gasteiger partial charge in [-0.2, -0.15) is 0 Å². The van der Waals surface area contributed by atoms with Crippen molar-refractivity contribution in [3.8, 4) is 0 Å². The van der Waals surface area contributed by atoms with E-state index in [1.807, 2.05) is 6.92 Å². The van der Waals surface area contributed by atoms with Gasteiger partial charge in [0.2, 0.25) is 0 Å². The van der Waals surface area contributed by atoms with E-state index in [-0.39, 0.29) is 12.2 Å². The van der Waals surface area contributed by atoms with Crippen molar-refractivity contribution in [2.24, 2.45) is 0 Å². The highest BCUT2D eigenvalue weighted by atomic mass is 32.1. The molecule has 1 heterocycles. The predicted octanol–water partition coefficient (Wildman–Crippen LogP) is 3.25. The molecule has 5 nitrogen and oxygen atoms in total. The summed E-state index contributed by atoms with van der Waals surface area (Å²) in [5.41, 5.74) is -0.948. The van der Waals surface area contributed by atoms with Crippen molar-refractivity contribution in [1.82, 2.24) is 4.98 Å². The number of benzene rings is 1. The normalized spacial score (nSPS) is 10.5. The first-order valence-electron chi connectivity index (χ1n) is 5.26. The molecule has 0 amide bonds. The monoisotopic (exact) mass is 285 g/mol. The molecule has 0 aliphatic carbocycles. The van der Waals surface area contributed by atoms with Crippen molar-refractivity contribution in [2.75, 3.05) is 5.32 Å². The highest BCUT2D eigenvalue weighted by Crippen LogP contribution is 2.29. The molecule has 0 bridgehead atoms. The fourth-order valence-corrected chi connectivity index (χ4v) is 2.28. The van der Waals surface area contributed by atoms with Gasteiger partial charge in [0.1, 0.15) is 11.5 Å². The number of aryl methyl sites for hydroxylation is 1. The van der Waals surface area contributed by atoms with Gasteiger partial charge in [0.05, 0.1) is 22.5 Å². The Morgan fingerprint density at radius 1 is 1.47 bits per heavy atom. The van der Waals surface area contributed by atoms with Gasteiger partial charge in [0, 0.05) is 17.1 Å². The molecular weight excluding hydrogens is 276 g/mol. The van der Waals surface area contributed by atoms with Crippen LogP contribution in [0, 0.1) is 28.7 Å². The van der Waals surface area contributed by atoms with E-state index in [1.54, 1.807) is 6.20 Å². The number of rotatable bonds is 4. The summed E-state index contributed by atoms with van der Waals surface area (Å²) in [7, 11) is 0. The molecule has 0 spiro atoms. The highest BCUT2D eigenvalue weighted by Gasteiger charge is 2.20. The van der Waals surface area contributed by atoms with Crippen molar-refractivity contribution >= 4 is 22.7 Å². The minimum atomic E-state index is -0.993. The Bertz CT molecular complexity index is 630. The zero-order chi connectivity index (χ0) is 14.0. The largest absolute Gasteiger partial charge is 0.372 e. The first-order valence-corrected chi connectivity index (χ1v) is 6.07. The molecule has 8 heteroatoms. The van der Waals surface area contributed by atoms with Gasteiger partial charge in [-0.05, 0) is 6.92 Å². The minimum absolute atomic E-state index is 0.189. The smallest absolute Gasteiger partial charge is 0.298 e. The van der Waals surface area contributed by atoms with Crippen molar-refractivity contribution in [3.63, 3.8) is 0 Å². The van der Waals surface area contributed by atoms with Crippen LogP contribution in [0.25, 0.3) is 0 Å². The third-order valence-corrected chi connectivity index (χ3v) is 3.25. The minimum Gasteiger partial charge on any atom is -0.372 e. The molecule has 0 atom stereocenters. The Morgan fingerprint density at radius 2 is 2.21 bits per heavy atom. The summed E-state index contributed by atoms with van der Waals surface area (Å²) < 4.78 is 26.5. The standard InChI is InChI=1S/C11H9F2N3O2S/c1-6-14-4-8(19-6)5-15-11-9(13)2-7(12)3-10(11)16(17)18/h2-4,15H,5H2,1H3. The predicted molar refractivity (Wildman–Crippen MR) is 67.2 cm³/mol. The topological polar surface area (TPSA) is 68.1 Å². The maximum absolute atomic E-state index is 13.6. The molecule has 1 aromatic heterocycles. The van der Waals surface area contributed by atoms with Gasteiger partial charge in [0.15, 0.2) is 5.82 Å². The molecule has 0 fully saturated rings. The molecule has 0 saturated carbocycles. The van der Waals surface area contributed by atoms with Crippen LogP contribution in [0.15, 0.2) is 18.3 Å². The molecule has 0 aliphatic heterocycles. The van der Waals surface area contributed by atoms with E-state index in [0.29, 0.717) is 12.1 Å². The number of hydrogen-bond donors (Lipinski definition) is 1. The Morgan fingerprint density at radius 3 is 2.79 bits per heavy atom. The average molecular weight is 285 g/mol. The Kier molecular flexibility index (Phi) is 3.70. The molecule has 0 unspecified atom stereocenters. The summed E-state index contributed by atoms with van der Waals surface area (Å²) in [5, 5.41) is 14.2. The van der Waals surface area contributed by atoms with E-state index < -0.39 is 22.2 Å². The third-order valence-electron chi connectivity index (χ3n) is 2.34. The van der Waals surface area contributed by atoms with E-state index in [1.165, 1.54) is 11.3 Å². The number of nitrogens with one attached hydrogen (secondary N) is 1. The molecule has 1 aromatic carbocycles. The average Bonchev–Trinajstić information content (AvgIpc) is 2.73. The first kappa shape index (κ1) is 13.3. The lowest BCUT2D eigenvalue weighted by Crippen LogP contribution is -2.04. The molecule has 1 N–H and O–H groups in total. The molecule has 0 radical (unpaired) electrons. The molecule has 2 rings (SSSR count). The van der Waals surface area contributed by atoms with Crippen LogP contribution in [0.1, 0.15) is 9.88 Å². The molecule has 0 aliphatic rings. The van der Waals surface area contributed by atoms with Crippen molar-refractivity contribution in [3.05, 3.63) is 50.0 Å². The van der Waals surface area contributed by atoms with Crippen molar-refractivity contribution in [1.29, 1.82) is 0 Å². The first-order chi connectivity index (χ1) is 8.97. The van der Waals surface area contributed by atoms with Crippen LogP contribution in [0.2, 0.25) is 0 Å². The molecule has 2 aromatic rings. The summed E-state index contributed by atoms with van der Waals surface area (Å²) in [6.45, 7) is 2.00. The number of nitro groups is 1. The van der Waals surface area contributed by atoms with E-state index in [2.05, 4.69) is 10.3 Å². The van der Waals surface area contributed by atoms with Crippen LogP contribution < -0.4 is 5.32 Å². The van der Waals surface area contributed by atoms with Crippen LogP contribution >= 0.6 is 11.3 Å². The number of anilines is 1. The van der Waals surface area contributed by atoms with Gasteiger partial charge >= 0.3 is 0 Å². The number of aromatic nitrogens is 1. The van der Waals surface area contributed by atoms with E-state index in [9.17, 15) is 18.9 Å². The fraction of sp³-hybridized carbons (Fsp3) is 0.182. The summed E-state index contributed by atoms with van der Waals surface area (Å²) >= 11 is 1.39. The van der Waals surface area contributed by atoms with Gasteiger partial charge in [-0.3, -0.25) is 10.1 Å². The fourth-order valence-electron chi connectivity index (χ4n) is 1.54. The van der Waals surface area contributed by atoms with Crippen LogP contribution in [0.4, 0.5) is 20.2 Å². The van der Waals surface area contributed by atoms with Crippen molar-refractivity contribution < 1.29 is 13.7 Å². The maximum Gasteiger partial charge on any atom is 0.298 e. The summed E-state index contributed by atoms with van der Waals surface area (Å²) in [6.07, 6.45) is 1.60. The lowest BCUT2D eigenvalue weighted by atomic mass is 10.2. The molecule has 100 valence electrons. The lowest BCUT2D eigenvalue weighted by Gasteiger charge is -2.07. The van der Waals surface area contributed by atoms with E-state index in [0.717, 1.165) is 9.88 Å². The summed E-state index contributed by atoms with van der Waals surface area (Å²) in [5.74, 6) is -1.98. The number of thiazole rings is 1.